The summed E-state index contributed by atoms with van der Waals surface area (Å²) < 4.78 is 5.05. The Kier molecular flexibility index (Phi) is 5.80. The monoisotopic (exact) mass is 257 g/mol. The zero-order valence-electron chi connectivity index (χ0n) is 9.49. The van der Waals surface area contributed by atoms with Gasteiger partial charge in [-0.25, -0.2) is 4.79 Å². The number of unbranched alkanes of at least 4 members (excludes halogenated alkanes) is 2. The van der Waals surface area contributed by atoms with Gasteiger partial charge in [0, 0.05) is 6.61 Å². The van der Waals surface area contributed by atoms with Crippen molar-refractivity contribution >= 4 is 23.3 Å². The predicted octanol–water partition coefficient (Wildman–Crippen LogP) is 2.24. The van der Waals surface area contributed by atoms with Crippen LogP contribution in [0.5, 0.6) is 0 Å². The minimum Gasteiger partial charge on any atom is -0.462 e. The third-order valence-corrected chi connectivity index (χ3v) is 2.64. The number of carbonyl (C=O) groups is 1. The Morgan fingerprint density at radius 3 is 2.82 bits per heavy atom. The van der Waals surface area contributed by atoms with Gasteiger partial charge < -0.3 is 15.6 Å². The number of nitrogens with two attached hydrogens (primary N) is 1. The first-order chi connectivity index (χ1) is 8.16. The second-order valence-electron chi connectivity index (χ2n) is 3.62. The van der Waals surface area contributed by atoms with Gasteiger partial charge in [-0.3, -0.25) is 0 Å². The number of carbonyl (C=O) groups excluding carboxylic acids is 1. The molecule has 94 valence electrons. The lowest BCUT2D eigenvalue weighted by Crippen LogP contribution is -2.09. The highest BCUT2D eigenvalue weighted by Crippen LogP contribution is 2.22. The van der Waals surface area contributed by atoms with Crippen molar-refractivity contribution in [2.75, 3.05) is 18.9 Å². The molecule has 0 atom stereocenters. The molecule has 0 aromatic heterocycles. The minimum atomic E-state index is -0.464. The molecule has 1 rings (SSSR count). The number of esters is 1. The van der Waals surface area contributed by atoms with E-state index in [1.165, 1.54) is 0 Å². The van der Waals surface area contributed by atoms with Gasteiger partial charge in [0.2, 0.25) is 0 Å². The van der Waals surface area contributed by atoms with Gasteiger partial charge in [-0.1, -0.05) is 17.7 Å². The molecule has 0 fully saturated rings. The summed E-state index contributed by atoms with van der Waals surface area (Å²) in [4.78, 5) is 11.6. The summed E-state index contributed by atoms with van der Waals surface area (Å²) in [7, 11) is 0. The van der Waals surface area contributed by atoms with E-state index in [0.29, 0.717) is 17.2 Å². The summed E-state index contributed by atoms with van der Waals surface area (Å²) in [5.74, 6) is -0.464. The fourth-order valence-corrected chi connectivity index (χ4v) is 1.52. The lowest BCUT2D eigenvalue weighted by atomic mass is 10.2. The van der Waals surface area contributed by atoms with Crippen molar-refractivity contribution in [1.82, 2.24) is 0 Å². The first-order valence-electron chi connectivity index (χ1n) is 5.48. The summed E-state index contributed by atoms with van der Waals surface area (Å²) in [5, 5.41) is 8.93. The van der Waals surface area contributed by atoms with Crippen LogP contribution in [0.3, 0.4) is 0 Å². The molecular formula is C12H16ClNO3. The van der Waals surface area contributed by atoms with Crippen LogP contribution in [0.4, 0.5) is 5.69 Å². The maximum atomic E-state index is 11.6. The third-order valence-electron chi connectivity index (χ3n) is 2.31. The van der Waals surface area contributed by atoms with Crippen molar-refractivity contribution in [3.8, 4) is 0 Å². The number of para-hydroxylation sites is 1. The molecule has 0 saturated carbocycles. The standard InChI is InChI=1S/C12H16ClNO3/c13-10-6-4-5-9(11(10)14)12(16)17-8-3-1-2-7-15/h4-6,15H,1-3,7-8,14H2. The Hall–Kier alpha value is -1.26. The quantitative estimate of drug-likeness (QED) is 0.466. The van der Waals surface area contributed by atoms with Crippen LogP contribution in [0, 0.1) is 0 Å². The second-order valence-corrected chi connectivity index (χ2v) is 4.03. The third kappa shape index (κ3) is 4.24. The Morgan fingerprint density at radius 2 is 2.12 bits per heavy atom. The summed E-state index contributed by atoms with van der Waals surface area (Å²) in [5.41, 5.74) is 6.21. The van der Waals surface area contributed by atoms with Crippen LogP contribution in [-0.2, 0) is 4.74 Å². The molecule has 0 saturated heterocycles. The van der Waals surface area contributed by atoms with Gasteiger partial charge in [0.15, 0.2) is 0 Å². The summed E-state index contributed by atoms with van der Waals surface area (Å²) in [6.07, 6.45) is 2.28. The molecule has 17 heavy (non-hydrogen) atoms. The molecule has 0 bridgehead atoms. The fraction of sp³-hybridized carbons (Fsp3) is 0.417. The highest BCUT2D eigenvalue weighted by Gasteiger charge is 2.12. The summed E-state index contributed by atoms with van der Waals surface area (Å²) in [6.45, 7) is 0.486. The van der Waals surface area contributed by atoms with Crippen LogP contribution < -0.4 is 5.73 Å². The predicted molar refractivity (Wildman–Crippen MR) is 67.1 cm³/mol. The lowest BCUT2D eigenvalue weighted by molar-refractivity contribution is 0.0498. The van der Waals surface area contributed by atoms with Crippen LogP contribution in [0.1, 0.15) is 29.6 Å². The van der Waals surface area contributed by atoms with E-state index in [4.69, 9.17) is 27.2 Å². The molecule has 1 aromatic carbocycles. The highest BCUT2D eigenvalue weighted by molar-refractivity contribution is 6.33. The first-order valence-corrected chi connectivity index (χ1v) is 5.86. The maximum Gasteiger partial charge on any atom is 0.340 e. The number of ether oxygens (including phenoxy) is 1. The SMILES string of the molecule is Nc1c(Cl)cccc1C(=O)OCCCCCO. The van der Waals surface area contributed by atoms with Crippen LogP contribution in [0.25, 0.3) is 0 Å². The Labute approximate surface area is 105 Å². The number of halogens is 1. The van der Waals surface area contributed by atoms with Gasteiger partial charge in [-0.15, -0.1) is 0 Å². The van der Waals surface area contributed by atoms with Gasteiger partial charge in [-0.2, -0.15) is 0 Å². The van der Waals surface area contributed by atoms with E-state index in [0.717, 1.165) is 19.3 Å². The second kappa shape index (κ2) is 7.14. The van der Waals surface area contributed by atoms with Gasteiger partial charge in [0.25, 0.3) is 0 Å². The van der Waals surface area contributed by atoms with Gasteiger partial charge in [0.1, 0.15) is 0 Å². The number of rotatable bonds is 6. The molecule has 0 spiro atoms. The Balaban J connectivity index is 2.44. The van der Waals surface area contributed by atoms with Crippen LogP contribution in [0.2, 0.25) is 5.02 Å². The Bertz CT molecular complexity index is 382. The largest absolute Gasteiger partial charge is 0.462 e. The van der Waals surface area contributed by atoms with Crippen LogP contribution >= 0.6 is 11.6 Å². The van der Waals surface area contributed by atoms with E-state index < -0.39 is 5.97 Å². The van der Waals surface area contributed by atoms with E-state index in [9.17, 15) is 4.79 Å². The molecule has 3 N–H and O–H groups in total. The molecular weight excluding hydrogens is 242 g/mol. The van der Waals surface area contributed by atoms with E-state index in [-0.39, 0.29) is 12.3 Å². The summed E-state index contributed by atoms with van der Waals surface area (Å²) in [6, 6.07) is 4.85. The number of hydrogen-bond donors (Lipinski definition) is 2. The zero-order chi connectivity index (χ0) is 12.7. The van der Waals surface area contributed by atoms with Crippen molar-refractivity contribution in [3.05, 3.63) is 28.8 Å². The van der Waals surface area contributed by atoms with E-state index >= 15 is 0 Å². The molecule has 4 nitrogen and oxygen atoms in total. The molecule has 0 unspecified atom stereocenters. The molecule has 0 heterocycles. The van der Waals surface area contributed by atoms with Crippen molar-refractivity contribution < 1.29 is 14.6 Å². The van der Waals surface area contributed by atoms with E-state index in [1.54, 1.807) is 18.2 Å². The van der Waals surface area contributed by atoms with Crippen molar-refractivity contribution in [3.63, 3.8) is 0 Å². The van der Waals surface area contributed by atoms with Crippen molar-refractivity contribution in [2.24, 2.45) is 0 Å². The molecule has 0 radical (unpaired) electrons. The average molecular weight is 258 g/mol. The van der Waals surface area contributed by atoms with Crippen molar-refractivity contribution in [1.29, 1.82) is 0 Å². The molecule has 1 aromatic rings. The van der Waals surface area contributed by atoms with Crippen molar-refractivity contribution in [2.45, 2.75) is 19.3 Å². The number of anilines is 1. The number of hydrogen-bond acceptors (Lipinski definition) is 4. The number of nitrogen functional groups attached to an aromatic ring is 1. The number of benzene rings is 1. The summed E-state index contributed by atoms with van der Waals surface area (Å²) >= 11 is 5.80. The molecule has 0 amide bonds. The minimum absolute atomic E-state index is 0.162. The first kappa shape index (κ1) is 13.8. The van der Waals surface area contributed by atoms with E-state index in [2.05, 4.69) is 0 Å². The maximum absolute atomic E-state index is 11.6. The highest BCUT2D eigenvalue weighted by atomic mass is 35.5. The molecule has 5 heteroatoms. The Morgan fingerprint density at radius 1 is 1.35 bits per heavy atom. The normalized spacial score (nSPS) is 10.2. The fourth-order valence-electron chi connectivity index (χ4n) is 1.35. The average Bonchev–Trinajstić information content (AvgIpc) is 2.32. The number of aliphatic hydroxyl groups is 1. The lowest BCUT2D eigenvalue weighted by Gasteiger charge is -2.07. The smallest absolute Gasteiger partial charge is 0.340 e. The molecule has 0 aliphatic heterocycles. The topological polar surface area (TPSA) is 72.6 Å². The van der Waals surface area contributed by atoms with Gasteiger partial charge in [-0.05, 0) is 31.4 Å². The molecule has 0 aliphatic rings. The van der Waals surface area contributed by atoms with Gasteiger partial charge in [0.05, 0.1) is 22.9 Å². The molecule has 0 aliphatic carbocycles. The van der Waals surface area contributed by atoms with Crippen LogP contribution in [-0.4, -0.2) is 24.3 Å². The van der Waals surface area contributed by atoms with E-state index in [1.807, 2.05) is 0 Å². The zero-order valence-corrected chi connectivity index (χ0v) is 10.2. The van der Waals surface area contributed by atoms with Gasteiger partial charge >= 0.3 is 5.97 Å². The number of aliphatic hydroxyl groups excluding tert-OH is 1. The van der Waals surface area contributed by atoms with Crippen LogP contribution in [0.15, 0.2) is 18.2 Å².